The van der Waals surface area contributed by atoms with Gasteiger partial charge in [0.25, 0.3) is 0 Å². The second kappa shape index (κ2) is 6.71. The van der Waals surface area contributed by atoms with Crippen LogP contribution in [-0.4, -0.2) is 23.9 Å². The minimum absolute atomic E-state index is 0.103. The van der Waals surface area contributed by atoms with Gasteiger partial charge in [0.05, 0.1) is 6.54 Å². The van der Waals surface area contributed by atoms with Crippen molar-refractivity contribution >= 4 is 11.6 Å². The molecular weight excluding hydrogens is 279 g/mol. The lowest BCUT2D eigenvalue weighted by Crippen LogP contribution is -2.32. The fraction of sp³-hybridized carbons (Fsp3) is 0.278. The summed E-state index contributed by atoms with van der Waals surface area (Å²) in [5.41, 5.74) is 1.75. The first-order chi connectivity index (χ1) is 10.7. The Hall–Kier alpha value is -2.20. The molecule has 0 radical (unpaired) electrons. The van der Waals surface area contributed by atoms with Crippen molar-refractivity contribution in [2.75, 3.05) is 18.4 Å². The maximum Gasteiger partial charge on any atom is 0.238 e. The highest BCUT2D eigenvalue weighted by atomic mass is 19.1. The van der Waals surface area contributed by atoms with E-state index >= 15 is 0 Å². The van der Waals surface area contributed by atoms with E-state index in [1.807, 2.05) is 18.2 Å². The number of halogens is 1. The van der Waals surface area contributed by atoms with Gasteiger partial charge in [0.15, 0.2) is 0 Å². The Balaban J connectivity index is 1.63. The van der Waals surface area contributed by atoms with Crippen LogP contribution >= 0.6 is 0 Å². The van der Waals surface area contributed by atoms with Gasteiger partial charge in [0, 0.05) is 11.7 Å². The molecule has 2 aromatic rings. The number of hydrogen-bond acceptors (Lipinski definition) is 2. The van der Waals surface area contributed by atoms with Crippen molar-refractivity contribution in [1.29, 1.82) is 0 Å². The second-order valence-corrected chi connectivity index (χ2v) is 5.60. The Morgan fingerprint density at radius 1 is 1.18 bits per heavy atom. The highest BCUT2D eigenvalue weighted by Crippen LogP contribution is 2.31. The molecule has 1 aliphatic rings. The highest BCUT2D eigenvalue weighted by molar-refractivity contribution is 5.92. The zero-order valence-electron chi connectivity index (χ0n) is 12.3. The van der Waals surface area contributed by atoms with Gasteiger partial charge in [-0.1, -0.05) is 36.4 Å². The minimum atomic E-state index is -0.346. The smallest absolute Gasteiger partial charge is 0.238 e. The van der Waals surface area contributed by atoms with Gasteiger partial charge in [0.2, 0.25) is 5.91 Å². The number of carbonyl (C=O) groups excluding carboxylic acids is 1. The highest BCUT2D eigenvalue weighted by Gasteiger charge is 2.27. The van der Waals surface area contributed by atoms with E-state index in [2.05, 4.69) is 22.3 Å². The van der Waals surface area contributed by atoms with E-state index in [9.17, 15) is 9.18 Å². The standard InChI is InChI=1S/C18H19FN2O/c19-15-8-4-9-16(12-15)20-18(22)13-21-11-5-10-17(21)14-6-2-1-3-7-14/h1-4,6-9,12,17H,5,10-11,13H2,(H,20,22)/t17-/m0/s1. The summed E-state index contributed by atoms with van der Waals surface area (Å²) in [6.45, 7) is 1.24. The fourth-order valence-electron chi connectivity index (χ4n) is 3.02. The van der Waals surface area contributed by atoms with Gasteiger partial charge < -0.3 is 5.32 Å². The Bertz CT molecular complexity index is 645. The molecule has 1 heterocycles. The molecule has 0 unspecified atom stereocenters. The van der Waals surface area contributed by atoms with E-state index in [-0.39, 0.29) is 11.7 Å². The molecule has 0 aliphatic carbocycles. The van der Waals surface area contributed by atoms with Crippen LogP contribution in [0.5, 0.6) is 0 Å². The fourth-order valence-corrected chi connectivity index (χ4v) is 3.02. The number of carbonyl (C=O) groups is 1. The molecule has 1 N–H and O–H groups in total. The molecule has 22 heavy (non-hydrogen) atoms. The molecule has 114 valence electrons. The summed E-state index contributed by atoms with van der Waals surface area (Å²) < 4.78 is 13.1. The Morgan fingerprint density at radius 3 is 2.77 bits per heavy atom. The van der Waals surface area contributed by atoms with Crippen LogP contribution in [0.3, 0.4) is 0 Å². The third-order valence-corrected chi connectivity index (χ3v) is 4.00. The first-order valence-electron chi connectivity index (χ1n) is 7.57. The van der Waals surface area contributed by atoms with Crippen LogP contribution in [0.1, 0.15) is 24.4 Å². The SMILES string of the molecule is O=C(CN1CCC[C@H]1c1ccccc1)Nc1cccc(F)c1. The van der Waals surface area contributed by atoms with Crippen LogP contribution in [-0.2, 0) is 4.79 Å². The number of likely N-dealkylation sites (tertiary alicyclic amines) is 1. The Labute approximate surface area is 129 Å². The van der Waals surface area contributed by atoms with Crippen molar-refractivity contribution < 1.29 is 9.18 Å². The quantitative estimate of drug-likeness (QED) is 0.935. The van der Waals surface area contributed by atoms with E-state index in [4.69, 9.17) is 0 Å². The number of anilines is 1. The minimum Gasteiger partial charge on any atom is -0.325 e. The van der Waals surface area contributed by atoms with E-state index in [1.165, 1.54) is 17.7 Å². The number of benzene rings is 2. The van der Waals surface area contributed by atoms with Gasteiger partial charge in [-0.25, -0.2) is 4.39 Å². The number of nitrogens with one attached hydrogen (secondary N) is 1. The summed E-state index contributed by atoms with van der Waals surface area (Å²) in [6.07, 6.45) is 2.16. The van der Waals surface area contributed by atoms with Crippen molar-refractivity contribution in [1.82, 2.24) is 4.90 Å². The molecule has 1 amide bonds. The summed E-state index contributed by atoms with van der Waals surface area (Å²) in [6, 6.07) is 16.5. The first-order valence-corrected chi connectivity index (χ1v) is 7.57. The molecule has 3 rings (SSSR count). The molecule has 0 aromatic heterocycles. The van der Waals surface area contributed by atoms with Crippen LogP contribution in [0.25, 0.3) is 0 Å². The zero-order chi connectivity index (χ0) is 15.4. The van der Waals surface area contributed by atoms with Crippen molar-refractivity contribution in [3.05, 3.63) is 66.0 Å². The van der Waals surface area contributed by atoms with Gasteiger partial charge in [-0.15, -0.1) is 0 Å². The van der Waals surface area contributed by atoms with Gasteiger partial charge in [-0.3, -0.25) is 9.69 Å². The second-order valence-electron chi connectivity index (χ2n) is 5.60. The zero-order valence-corrected chi connectivity index (χ0v) is 12.3. The molecular formula is C18H19FN2O. The molecule has 4 heteroatoms. The van der Waals surface area contributed by atoms with Crippen molar-refractivity contribution in [3.63, 3.8) is 0 Å². The summed E-state index contributed by atoms with van der Waals surface area (Å²) >= 11 is 0. The third kappa shape index (κ3) is 3.52. The summed E-state index contributed by atoms with van der Waals surface area (Å²) in [5.74, 6) is -0.449. The monoisotopic (exact) mass is 298 g/mol. The molecule has 3 nitrogen and oxygen atoms in total. The average molecular weight is 298 g/mol. The molecule has 1 saturated heterocycles. The lowest BCUT2D eigenvalue weighted by molar-refractivity contribution is -0.117. The Kier molecular flexibility index (Phi) is 4.49. The lowest BCUT2D eigenvalue weighted by Gasteiger charge is -2.24. The van der Waals surface area contributed by atoms with E-state index in [1.54, 1.807) is 12.1 Å². The van der Waals surface area contributed by atoms with Crippen molar-refractivity contribution in [3.8, 4) is 0 Å². The summed E-state index contributed by atoms with van der Waals surface area (Å²) in [7, 11) is 0. The maximum absolute atomic E-state index is 13.1. The van der Waals surface area contributed by atoms with Crippen molar-refractivity contribution in [2.24, 2.45) is 0 Å². The molecule has 0 bridgehead atoms. The number of rotatable bonds is 4. The maximum atomic E-state index is 13.1. The summed E-state index contributed by atoms with van der Waals surface area (Å²) in [4.78, 5) is 14.4. The molecule has 0 spiro atoms. The predicted octanol–water partition coefficient (Wildman–Crippen LogP) is 3.60. The van der Waals surface area contributed by atoms with Gasteiger partial charge >= 0.3 is 0 Å². The van der Waals surface area contributed by atoms with Crippen LogP contribution in [0.4, 0.5) is 10.1 Å². The van der Waals surface area contributed by atoms with Crippen LogP contribution in [0, 0.1) is 5.82 Å². The molecule has 1 fully saturated rings. The molecule has 1 aliphatic heterocycles. The van der Waals surface area contributed by atoms with Crippen molar-refractivity contribution in [2.45, 2.75) is 18.9 Å². The van der Waals surface area contributed by atoms with Crippen LogP contribution in [0.2, 0.25) is 0 Å². The number of hydrogen-bond donors (Lipinski definition) is 1. The van der Waals surface area contributed by atoms with Gasteiger partial charge in [-0.05, 0) is 43.1 Å². The normalized spacial score (nSPS) is 18.3. The molecule has 0 saturated carbocycles. The lowest BCUT2D eigenvalue weighted by atomic mass is 10.0. The van der Waals surface area contributed by atoms with Gasteiger partial charge in [-0.2, -0.15) is 0 Å². The average Bonchev–Trinajstić information content (AvgIpc) is 2.96. The topological polar surface area (TPSA) is 32.3 Å². The van der Waals surface area contributed by atoms with E-state index < -0.39 is 0 Å². The van der Waals surface area contributed by atoms with Crippen LogP contribution < -0.4 is 5.32 Å². The van der Waals surface area contributed by atoms with Gasteiger partial charge in [0.1, 0.15) is 5.82 Å². The Morgan fingerprint density at radius 2 is 2.00 bits per heavy atom. The third-order valence-electron chi connectivity index (χ3n) is 4.00. The van der Waals surface area contributed by atoms with E-state index in [0.29, 0.717) is 18.3 Å². The van der Waals surface area contributed by atoms with Crippen LogP contribution in [0.15, 0.2) is 54.6 Å². The molecule has 1 atom stereocenters. The predicted molar refractivity (Wildman–Crippen MR) is 85.0 cm³/mol. The largest absolute Gasteiger partial charge is 0.325 e. The summed E-state index contributed by atoms with van der Waals surface area (Å²) in [5, 5.41) is 2.76. The number of nitrogens with zero attached hydrogens (tertiary/aromatic N) is 1. The molecule has 2 aromatic carbocycles. The van der Waals surface area contributed by atoms with E-state index in [0.717, 1.165) is 19.4 Å². The number of amides is 1. The first kappa shape index (κ1) is 14.7.